The smallest absolute Gasteiger partial charge is 0.306 e. The molecule has 6 nitrogen and oxygen atoms in total. The minimum atomic E-state index is -3.60. The predicted molar refractivity (Wildman–Crippen MR) is 106 cm³/mol. The highest BCUT2D eigenvalue weighted by molar-refractivity contribution is 7.68. The third kappa shape index (κ3) is 3.97. The zero-order chi connectivity index (χ0) is 20.1. The Hall–Kier alpha value is -2.59. The highest BCUT2D eigenvalue weighted by Crippen LogP contribution is 2.59. The number of fused-ring (bicyclic) bond motifs is 3. The molecule has 0 bridgehead atoms. The number of rotatable bonds is 7. The monoisotopic (exact) mass is 402 g/mol. The molecule has 1 atom stereocenters. The molecule has 7 heteroatoms. The quantitative estimate of drug-likeness (QED) is 0.516. The Bertz CT molecular complexity index is 903. The van der Waals surface area contributed by atoms with Crippen LogP contribution in [0.25, 0.3) is 11.1 Å². The van der Waals surface area contributed by atoms with Crippen molar-refractivity contribution in [2.45, 2.75) is 32.3 Å². The molecule has 0 aliphatic carbocycles. The molecule has 148 valence electrons. The summed E-state index contributed by atoms with van der Waals surface area (Å²) < 4.78 is 30.2. The third-order valence-corrected chi connectivity index (χ3v) is 7.40. The molecular formula is C21H23O6P. The number of ether oxygens (including phenoxy) is 2. The van der Waals surface area contributed by atoms with E-state index in [-0.39, 0.29) is 26.1 Å². The second-order valence-electron chi connectivity index (χ2n) is 6.37. The van der Waals surface area contributed by atoms with Crippen LogP contribution in [-0.4, -0.2) is 30.8 Å². The molecular weight excluding hydrogens is 379 g/mol. The lowest BCUT2D eigenvalue weighted by atomic mass is 10.0. The van der Waals surface area contributed by atoms with Gasteiger partial charge < -0.3 is 14.0 Å². The molecule has 1 aliphatic heterocycles. The molecule has 0 spiro atoms. The highest BCUT2D eigenvalue weighted by atomic mass is 31.2. The predicted octanol–water partition coefficient (Wildman–Crippen LogP) is 3.92. The summed E-state index contributed by atoms with van der Waals surface area (Å²) in [6.45, 7) is 3.80. The molecule has 1 unspecified atom stereocenters. The fraction of sp³-hybridized carbons (Fsp3) is 0.333. The van der Waals surface area contributed by atoms with Crippen LogP contribution in [0.15, 0.2) is 48.5 Å². The minimum absolute atomic E-state index is 0.194. The van der Waals surface area contributed by atoms with E-state index >= 15 is 0 Å². The standard InChI is InChI=1S/C21H23O6P/c1-3-25-20(22)13-15(14-21(23)26-4-2)28(24)19-12-8-6-10-17(19)16-9-5-7-11-18(16)27-28/h5-12,15H,3-4,13-14H2,1-2H3. The van der Waals surface area contributed by atoms with Crippen molar-refractivity contribution in [1.29, 1.82) is 0 Å². The van der Waals surface area contributed by atoms with Crippen molar-refractivity contribution in [3.05, 3.63) is 48.5 Å². The highest BCUT2D eigenvalue weighted by Gasteiger charge is 2.45. The molecule has 0 fully saturated rings. The van der Waals surface area contributed by atoms with E-state index in [1.54, 1.807) is 38.1 Å². The van der Waals surface area contributed by atoms with Crippen molar-refractivity contribution >= 4 is 24.6 Å². The van der Waals surface area contributed by atoms with Gasteiger partial charge in [-0.2, -0.15) is 0 Å². The van der Waals surface area contributed by atoms with E-state index < -0.39 is 25.0 Å². The molecule has 0 saturated carbocycles. The van der Waals surface area contributed by atoms with E-state index in [1.807, 2.05) is 24.3 Å². The van der Waals surface area contributed by atoms with E-state index in [2.05, 4.69) is 0 Å². The lowest BCUT2D eigenvalue weighted by molar-refractivity contribution is -0.144. The maximum Gasteiger partial charge on any atom is 0.306 e. The number of hydrogen-bond donors (Lipinski definition) is 0. The van der Waals surface area contributed by atoms with Crippen LogP contribution in [0.1, 0.15) is 26.7 Å². The maximum atomic E-state index is 14.2. The van der Waals surface area contributed by atoms with Gasteiger partial charge in [0.25, 0.3) is 7.37 Å². The van der Waals surface area contributed by atoms with Crippen LogP contribution in [0.5, 0.6) is 5.75 Å². The van der Waals surface area contributed by atoms with E-state index in [0.29, 0.717) is 11.1 Å². The van der Waals surface area contributed by atoms with Gasteiger partial charge in [0.15, 0.2) is 0 Å². The first-order chi connectivity index (χ1) is 13.5. The molecule has 2 aromatic rings. The molecule has 0 amide bonds. The number of carbonyl (C=O) groups is 2. The van der Waals surface area contributed by atoms with E-state index in [4.69, 9.17) is 14.0 Å². The zero-order valence-corrected chi connectivity index (χ0v) is 16.8. The molecule has 0 radical (unpaired) electrons. The minimum Gasteiger partial charge on any atom is -0.466 e. The molecule has 0 aromatic heterocycles. The molecule has 2 aromatic carbocycles. The fourth-order valence-corrected chi connectivity index (χ4v) is 6.04. The first kappa shape index (κ1) is 20.2. The number of benzene rings is 2. The summed E-state index contributed by atoms with van der Waals surface area (Å²) in [5.41, 5.74) is 0.737. The number of carbonyl (C=O) groups excluding carboxylic acids is 2. The molecule has 0 N–H and O–H groups in total. The summed E-state index contributed by atoms with van der Waals surface area (Å²) in [5, 5.41) is 0.507. The Labute approximate surface area is 164 Å². The summed E-state index contributed by atoms with van der Waals surface area (Å²) in [6, 6.07) is 14.5. The number of hydrogen-bond acceptors (Lipinski definition) is 6. The lowest BCUT2D eigenvalue weighted by Gasteiger charge is -2.33. The Morgan fingerprint density at radius 3 is 2.04 bits per heavy atom. The normalized spacial score (nSPS) is 17.2. The van der Waals surface area contributed by atoms with Crippen LogP contribution < -0.4 is 9.83 Å². The number of esters is 2. The van der Waals surface area contributed by atoms with Gasteiger partial charge in [-0.1, -0.05) is 36.4 Å². The second-order valence-corrected chi connectivity index (χ2v) is 8.96. The van der Waals surface area contributed by atoms with E-state index in [1.165, 1.54) is 0 Å². The van der Waals surface area contributed by atoms with Gasteiger partial charge in [0, 0.05) is 5.56 Å². The van der Waals surface area contributed by atoms with Crippen LogP contribution in [0, 0.1) is 0 Å². The van der Waals surface area contributed by atoms with Gasteiger partial charge in [-0.05, 0) is 31.5 Å². The summed E-state index contributed by atoms with van der Waals surface area (Å²) in [5.74, 6) is -0.568. The second kappa shape index (κ2) is 8.61. The summed E-state index contributed by atoms with van der Waals surface area (Å²) in [4.78, 5) is 24.4. The zero-order valence-electron chi connectivity index (χ0n) is 15.9. The molecule has 28 heavy (non-hydrogen) atoms. The van der Waals surface area contributed by atoms with Crippen LogP contribution in [0.3, 0.4) is 0 Å². The Balaban J connectivity index is 2.06. The molecule has 1 aliphatic rings. The Kier molecular flexibility index (Phi) is 6.20. The first-order valence-electron chi connectivity index (χ1n) is 9.29. The van der Waals surface area contributed by atoms with Gasteiger partial charge >= 0.3 is 11.9 Å². The van der Waals surface area contributed by atoms with Crippen molar-refractivity contribution in [2.75, 3.05) is 13.2 Å². The fourth-order valence-electron chi connectivity index (χ4n) is 3.35. The summed E-state index contributed by atoms with van der Waals surface area (Å²) >= 11 is 0. The van der Waals surface area contributed by atoms with Crippen LogP contribution in [-0.2, 0) is 23.6 Å². The van der Waals surface area contributed by atoms with Crippen molar-refractivity contribution < 1.29 is 28.2 Å². The maximum absolute atomic E-state index is 14.2. The first-order valence-corrected chi connectivity index (χ1v) is 11.0. The van der Waals surface area contributed by atoms with Crippen molar-refractivity contribution in [2.24, 2.45) is 0 Å². The summed E-state index contributed by atoms with van der Waals surface area (Å²) in [6.07, 6.45) is -0.388. The van der Waals surface area contributed by atoms with Crippen LogP contribution in [0.4, 0.5) is 0 Å². The van der Waals surface area contributed by atoms with E-state index in [0.717, 1.165) is 11.1 Å². The molecule has 3 rings (SSSR count). The average molecular weight is 402 g/mol. The topological polar surface area (TPSA) is 78.9 Å². The molecule has 1 heterocycles. The average Bonchev–Trinajstić information content (AvgIpc) is 2.68. The van der Waals surface area contributed by atoms with Gasteiger partial charge in [0.1, 0.15) is 5.75 Å². The van der Waals surface area contributed by atoms with Gasteiger partial charge in [0.05, 0.1) is 37.0 Å². The third-order valence-electron chi connectivity index (χ3n) is 4.55. The summed E-state index contributed by atoms with van der Waals surface area (Å²) in [7, 11) is -3.60. The van der Waals surface area contributed by atoms with Gasteiger partial charge in [0.2, 0.25) is 0 Å². The molecule has 0 saturated heterocycles. The van der Waals surface area contributed by atoms with Gasteiger partial charge in [-0.3, -0.25) is 14.2 Å². The number of para-hydroxylation sites is 1. The Morgan fingerprint density at radius 2 is 1.43 bits per heavy atom. The van der Waals surface area contributed by atoms with Crippen LogP contribution in [0.2, 0.25) is 0 Å². The Morgan fingerprint density at radius 1 is 0.893 bits per heavy atom. The largest absolute Gasteiger partial charge is 0.466 e. The van der Waals surface area contributed by atoms with Crippen molar-refractivity contribution in [3.8, 4) is 16.9 Å². The van der Waals surface area contributed by atoms with Crippen LogP contribution >= 0.6 is 7.37 Å². The van der Waals surface area contributed by atoms with Gasteiger partial charge in [-0.25, -0.2) is 0 Å². The van der Waals surface area contributed by atoms with Crippen molar-refractivity contribution in [3.63, 3.8) is 0 Å². The SMILES string of the molecule is CCOC(=O)CC(CC(=O)OCC)P1(=O)Oc2ccccc2-c2ccccc21. The lowest BCUT2D eigenvalue weighted by Crippen LogP contribution is -2.30. The van der Waals surface area contributed by atoms with E-state index in [9.17, 15) is 14.2 Å². The van der Waals surface area contributed by atoms with Crippen molar-refractivity contribution in [1.82, 2.24) is 0 Å². The van der Waals surface area contributed by atoms with Gasteiger partial charge in [-0.15, -0.1) is 0 Å².